The van der Waals surface area contributed by atoms with E-state index in [4.69, 9.17) is 10.5 Å². The highest BCUT2D eigenvalue weighted by molar-refractivity contribution is 5.95. The van der Waals surface area contributed by atoms with Crippen LogP contribution < -0.4 is 5.73 Å². The first-order chi connectivity index (χ1) is 14.6. The van der Waals surface area contributed by atoms with E-state index in [1.807, 2.05) is 48.5 Å². The molecule has 3 N–H and O–H groups in total. The maximum atomic E-state index is 12.7. The van der Waals surface area contributed by atoms with Crippen LogP contribution in [0.15, 0.2) is 73.1 Å². The summed E-state index contributed by atoms with van der Waals surface area (Å²) in [5.41, 5.74) is 11.2. The number of carboxylic acids is 1. The van der Waals surface area contributed by atoms with Crippen LogP contribution >= 0.6 is 0 Å². The number of aliphatic carboxylic acids is 1. The summed E-state index contributed by atoms with van der Waals surface area (Å²) in [5.74, 6) is -3.69. The van der Waals surface area contributed by atoms with Gasteiger partial charge < -0.3 is 15.6 Å². The minimum absolute atomic E-state index is 0.0657. The Balaban J connectivity index is 1.50. The standard InChI is InChI=1S/C24H22N2O4/c25-21(12-15-6-5-11-26-13-15)22(23(27)28)24(29)30-14-20-18-9-3-1-7-16(18)17-8-2-4-10-19(17)20/h1-11,13,20-22H,12,14,25H2,(H,27,28)/t21-,22+/m1/s1. The summed E-state index contributed by atoms with van der Waals surface area (Å²) in [6.45, 7) is 0.0657. The largest absolute Gasteiger partial charge is 0.481 e. The predicted octanol–water partition coefficient (Wildman–Crippen LogP) is 3.01. The van der Waals surface area contributed by atoms with Gasteiger partial charge >= 0.3 is 11.9 Å². The van der Waals surface area contributed by atoms with Crippen molar-refractivity contribution in [2.45, 2.75) is 18.4 Å². The molecule has 0 saturated heterocycles. The van der Waals surface area contributed by atoms with E-state index in [2.05, 4.69) is 4.98 Å². The summed E-state index contributed by atoms with van der Waals surface area (Å²) in [4.78, 5) is 28.5. The van der Waals surface area contributed by atoms with Gasteiger partial charge in [0.15, 0.2) is 5.92 Å². The molecule has 6 nitrogen and oxygen atoms in total. The monoisotopic (exact) mass is 402 g/mol. The van der Waals surface area contributed by atoms with Gasteiger partial charge in [0.05, 0.1) is 0 Å². The minimum Gasteiger partial charge on any atom is -0.481 e. The van der Waals surface area contributed by atoms with E-state index in [9.17, 15) is 14.7 Å². The van der Waals surface area contributed by atoms with Crippen LogP contribution in [0.25, 0.3) is 11.1 Å². The molecule has 4 rings (SSSR count). The quantitative estimate of drug-likeness (QED) is 0.465. The highest BCUT2D eigenvalue weighted by atomic mass is 16.5. The normalized spacial score (nSPS) is 14.4. The molecule has 0 bridgehead atoms. The molecule has 6 heteroatoms. The van der Waals surface area contributed by atoms with Gasteiger partial charge in [0.2, 0.25) is 0 Å². The summed E-state index contributed by atoms with van der Waals surface area (Å²) in [6.07, 6.45) is 3.45. The van der Waals surface area contributed by atoms with Crippen LogP contribution in [0.1, 0.15) is 22.6 Å². The van der Waals surface area contributed by atoms with Gasteiger partial charge in [-0.25, -0.2) is 0 Å². The Bertz CT molecular complexity index is 1020. The molecule has 0 aliphatic heterocycles. The van der Waals surface area contributed by atoms with E-state index >= 15 is 0 Å². The molecule has 0 spiro atoms. The number of hydrogen-bond donors (Lipinski definition) is 2. The second-order valence-electron chi connectivity index (χ2n) is 7.40. The molecule has 0 amide bonds. The first kappa shape index (κ1) is 19.8. The lowest BCUT2D eigenvalue weighted by molar-refractivity contribution is -0.159. The van der Waals surface area contributed by atoms with Crippen LogP contribution in [0.3, 0.4) is 0 Å². The number of nitrogens with two attached hydrogens (primary N) is 1. The molecule has 2 aromatic carbocycles. The first-order valence-electron chi connectivity index (χ1n) is 9.78. The van der Waals surface area contributed by atoms with Crippen molar-refractivity contribution in [3.8, 4) is 11.1 Å². The second-order valence-corrected chi connectivity index (χ2v) is 7.40. The summed E-state index contributed by atoms with van der Waals surface area (Å²) in [6, 6.07) is 18.6. The third-order valence-electron chi connectivity index (χ3n) is 5.50. The van der Waals surface area contributed by atoms with Gasteiger partial charge in [0.25, 0.3) is 0 Å². The Kier molecular flexibility index (Phi) is 5.59. The topological polar surface area (TPSA) is 103 Å². The van der Waals surface area contributed by atoms with Crippen LogP contribution in [0.2, 0.25) is 0 Å². The number of fused-ring (bicyclic) bond motifs is 3. The smallest absolute Gasteiger partial charge is 0.321 e. The molecule has 152 valence electrons. The summed E-state index contributed by atoms with van der Waals surface area (Å²) in [7, 11) is 0. The van der Waals surface area contributed by atoms with Crippen molar-refractivity contribution in [1.82, 2.24) is 4.98 Å². The number of esters is 1. The fourth-order valence-electron chi connectivity index (χ4n) is 4.06. The molecule has 30 heavy (non-hydrogen) atoms. The predicted molar refractivity (Wildman–Crippen MR) is 112 cm³/mol. The van der Waals surface area contributed by atoms with Crippen LogP contribution in [-0.4, -0.2) is 34.7 Å². The summed E-state index contributed by atoms with van der Waals surface area (Å²) >= 11 is 0. The van der Waals surface area contributed by atoms with Crippen molar-refractivity contribution in [1.29, 1.82) is 0 Å². The zero-order valence-corrected chi connectivity index (χ0v) is 16.3. The van der Waals surface area contributed by atoms with Crippen molar-refractivity contribution in [2.24, 2.45) is 11.7 Å². The molecule has 1 aliphatic carbocycles. The van der Waals surface area contributed by atoms with Crippen molar-refractivity contribution in [3.63, 3.8) is 0 Å². The lowest BCUT2D eigenvalue weighted by Crippen LogP contribution is -2.43. The highest BCUT2D eigenvalue weighted by Gasteiger charge is 2.36. The molecule has 1 aromatic heterocycles. The van der Waals surface area contributed by atoms with Crippen molar-refractivity contribution < 1.29 is 19.4 Å². The Labute approximate surface area is 174 Å². The average molecular weight is 402 g/mol. The number of rotatable bonds is 7. The Hall–Kier alpha value is -3.51. The lowest BCUT2D eigenvalue weighted by Gasteiger charge is -2.21. The number of nitrogens with zero attached hydrogens (tertiary/aromatic N) is 1. The van der Waals surface area contributed by atoms with E-state index in [-0.39, 0.29) is 18.9 Å². The number of hydrogen-bond acceptors (Lipinski definition) is 5. The molecular formula is C24H22N2O4. The number of carbonyl (C=O) groups excluding carboxylic acids is 1. The molecule has 0 saturated carbocycles. The van der Waals surface area contributed by atoms with E-state index in [1.54, 1.807) is 24.5 Å². The number of carboxylic acid groups (broad SMARTS) is 1. The van der Waals surface area contributed by atoms with Gasteiger partial charge in [-0.05, 0) is 40.3 Å². The molecule has 0 radical (unpaired) electrons. The molecule has 3 aromatic rings. The Morgan fingerprint density at radius 1 is 1.00 bits per heavy atom. The van der Waals surface area contributed by atoms with Gasteiger partial charge in [-0.15, -0.1) is 0 Å². The maximum Gasteiger partial charge on any atom is 0.321 e. The molecule has 1 heterocycles. The van der Waals surface area contributed by atoms with Crippen LogP contribution in [0, 0.1) is 5.92 Å². The number of ether oxygens (including phenoxy) is 1. The fraction of sp³-hybridized carbons (Fsp3) is 0.208. The van der Waals surface area contributed by atoms with Gasteiger partial charge in [-0.2, -0.15) is 0 Å². The van der Waals surface area contributed by atoms with E-state index in [0.717, 1.165) is 27.8 Å². The first-order valence-corrected chi connectivity index (χ1v) is 9.78. The van der Waals surface area contributed by atoms with E-state index < -0.39 is 23.9 Å². The van der Waals surface area contributed by atoms with Gasteiger partial charge in [0.1, 0.15) is 6.61 Å². The number of benzene rings is 2. The average Bonchev–Trinajstić information content (AvgIpc) is 3.06. The zero-order valence-electron chi connectivity index (χ0n) is 16.3. The molecule has 2 atom stereocenters. The van der Waals surface area contributed by atoms with Gasteiger partial charge in [-0.3, -0.25) is 14.6 Å². The molecule has 1 aliphatic rings. The second kappa shape index (κ2) is 8.47. The SMILES string of the molecule is N[C@H](Cc1cccnc1)[C@@H](C(=O)O)C(=O)OCC1c2ccccc2-c2ccccc21. The van der Waals surface area contributed by atoms with Crippen molar-refractivity contribution in [2.75, 3.05) is 6.61 Å². The Morgan fingerprint density at radius 3 is 2.20 bits per heavy atom. The summed E-state index contributed by atoms with van der Waals surface area (Å²) < 4.78 is 5.51. The summed E-state index contributed by atoms with van der Waals surface area (Å²) in [5, 5.41) is 9.60. The van der Waals surface area contributed by atoms with Crippen LogP contribution in [-0.2, 0) is 20.7 Å². The molecular weight excluding hydrogens is 380 g/mol. The third-order valence-corrected chi connectivity index (χ3v) is 5.50. The van der Waals surface area contributed by atoms with Crippen molar-refractivity contribution >= 4 is 11.9 Å². The van der Waals surface area contributed by atoms with Gasteiger partial charge in [-0.1, -0.05) is 54.6 Å². The lowest BCUT2D eigenvalue weighted by atomic mass is 9.94. The van der Waals surface area contributed by atoms with E-state index in [0.29, 0.717) is 0 Å². The van der Waals surface area contributed by atoms with Crippen LogP contribution in [0.4, 0.5) is 0 Å². The van der Waals surface area contributed by atoms with E-state index in [1.165, 1.54) is 0 Å². The van der Waals surface area contributed by atoms with Crippen molar-refractivity contribution in [3.05, 3.63) is 89.7 Å². The highest BCUT2D eigenvalue weighted by Crippen LogP contribution is 2.44. The number of pyridine rings is 1. The number of aromatic nitrogens is 1. The number of carbonyl (C=O) groups is 2. The molecule has 0 unspecified atom stereocenters. The minimum atomic E-state index is -1.45. The fourth-order valence-corrected chi connectivity index (χ4v) is 4.06. The maximum absolute atomic E-state index is 12.7. The Morgan fingerprint density at radius 2 is 1.63 bits per heavy atom. The van der Waals surface area contributed by atoms with Crippen LogP contribution in [0.5, 0.6) is 0 Å². The molecule has 0 fully saturated rings. The van der Waals surface area contributed by atoms with Gasteiger partial charge in [0, 0.05) is 24.4 Å². The zero-order chi connectivity index (χ0) is 21.1. The third kappa shape index (κ3) is 3.82.